The summed E-state index contributed by atoms with van der Waals surface area (Å²) in [6.07, 6.45) is 1.69. The molecule has 0 atom stereocenters. The first kappa shape index (κ1) is 19.7. The van der Waals surface area contributed by atoms with E-state index in [0.29, 0.717) is 23.2 Å². The Hall–Kier alpha value is -4.05. The van der Waals surface area contributed by atoms with E-state index in [2.05, 4.69) is 15.6 Å². The molecule has 1 aromatic heterocycles. The number of hydrogen-bond donors (Lipinski definition) is 2. The van der Waals surface area contributed by atoms with Crippen LogP contribution < -0.4 is 10.6 Å². The van der Waals surface area contributed by atoms with Crippen molar-refractivity contribution in [3.63, 3.8) is 0 Å². The van der Waals surface area contributed by atoms with E-state index in [9.17, 15) is 14.0 Å². The number of halogens is 1. The van der Waals surface area contributed by atoms with Gasteiger partial charge in [0.05, 0.1) is 11.3 Å². The number of anilines is 1. The molecule has 0 bridgehead atoms. The molecule has 0 fully saturated rings. The highest BCUT2D eigenvalue weighted by Crippen LogP contribution is 2.15. The fraction of sp³-hybridized carbons (Fsp3) is 0.0909. The number of nitrogens with one attached hydrogen (secondary N) is 2. The molecule has 2 N–H and O–H groups in total. The molecule has 0 aliphatic heterocycles. The van der Waals surface area contributed by atoms with Crippen LogP contribution in [-0.4, -0.2) is 23.3 Å². The molecule has 29 heavy (non-hydrogen) atoms. The third-order valence-electron chi connectivity index (χ3n) is 4.19. The highest BCUT2D eigenvalue weighted by molar-refractivity contribution is 6.06. The number of hydrogen-bond acceptors (Lipinski definition) is 4. The highest BCUT2D eigenvalue weighted by Gasteiger charge is 2.13. The predicted octanol–water partition coefficient (Wildman–Crippen LogP) is 3.32. The molecular formula is C22H17FN4O2. The summed E-state index contributed by atoms with van der Waals surface area (Å²) in [7, 11) is 0. The summed E-state index contributed by atoms with van der Waals surface area (Å²) in [4.78, 5) is 28.8. The molecule has 144 valence electrons. The van der Waals surface area contributed by atoms with Gasteiger partial charge in [0.2, 0.25) is 0 Å². The standard InChI is InChI=1S/C22H17FN4O2/c23-18-7-3-1-5-15(18)9-12-26-22(29)20-13-16(10-11-25-20)21(28)27-19-8-4-2-6-17(19)14-24/h1-8,10-11,13H,9,12H2,(H,26,29)(H,27,28). The Kier molecular flexibility index (Phi) is 6.28. The monoisotopic (exact) mass is 388 g/mol. The zero-order chi connectivity index (χ0) is 20.6. The van der Waals surface area contributed by atoms with E-state index in [0.717, 1.165) is 0 Å². The zero-order valence-electron chi connectivity index (χ0n) is 15.4. The van der Waals surface area contributed by atoms with Crippen molar-refractivity contribution >= 4 is 17.5 Å². The van der Waals surface area contributed by atoms with Gasteiger partial charge in [0.25, 0.3) is 11.8 Å². The summed E-state index contributed by atoms with van der Waals surface area (Å²) in [5.41, 5.74) is 1.52. The summed E-state index contributed by atoms with van der Waals surface area (Å²) < 4.78 is 13.6. The second-order valence-corrected chi connectivity index (χ2v) is 6.14. The van der Waals surface area contributed by atoms with Crippen molar-refractivity contribution in [2.45, 2.75) is 6.42 Å². The van der Waals surface area contributed by atoms with Crippen LogP contribution in [0.5, 0.6) is 0 Å². The molecule has 0 unspecified atom stereocenters. The summed E-state index contributed by atoms with van der Waals surface area (Å²) in [5.74, 6) is -1.25. The molecule has 0 saturated carbocycles. The zero-order valence-corrected chi connectivity index (χ0v) is 15.4. The molecular weight excluding hydrogens is 371 g/mol. The maximum atomic E-state index is 13.6. The van der Waals surface area contributed by atoms with Gasteiger partial charge in [-0.3, -0.25) is 14.6 Å². The van der Waals surface area contributed by atoms with E-state index < -0.39 is 11.8 Å². The van der Waals surface area contributed by atoms with Gasteiger partial charge >= 0.3 is 0 Å². The number of benzene rings is 2. The number of rotatable bonds is 6. The van der Waals surface area contributed by atoms with Crippen LogP contribution in [0.1, 0.15) is 32.0 Å². The first-order valence-electron chi connectivity index (χ1n) is 8.86. The lowest BCUT2D eigenvalue weighted by atomic mass is 10.1. The molecule has 1 heterocycles. The number of aromatic nitrogens is 1. The molecule has 2 amide bonds. The third kappa shape index (κ3) is 5.02. The largest absolute Gasteiger partial charge is 0.350 e. The summed E-state index contributed by atoms with van der Waals surface area (Å²) >= 11 is 0. The maximum Gasteiger partial charge on any atom is 0.269 e. The van der Waals surface area contributed by atoms with Gasteiger partial charge in [-0.25, -0.2) is 4.39 Å². The molecule has 0 saturated heterocycles. The van der Waals surface area contributed by atoms with Crippen molar-refractivity contribution < 1.29 is 14.0 Å². The van der Waals surface area contributed by atoms with Crippen molar-refractivity contribution in [1.82, 2.24) is 10.3 Å². The van der Waals surface area contributed by atoms with Crippen molar-refractivity contribution in [3.05, 3.63) is 95.1 Å². The number of carbonyl (C=O) groups is 2. The molecule has 6 nitrogen and oxygen atoms in total. The molecule has 2 aromatic carbocycles. The van der Waals surface area contributed by atoms with Gasteiger partial charge in [-0.05, 0) is 42.3 Å². The van der Waals surface area contributed by atoms with Crippen LogP contribution in [0, 0.1) is 17.1 Å². The number of amides is 2. The van der Waals surface area contributed by atoms with Gasteiger partial charge in [0, 0.05) is 18.3 Å². The van der Waals surface area contributed by atoms with E-state index in [1.165, 1.54) is 24.4 Å². The van der Waals surface area contributed by atoms with Crippen LogP contribution in [0.25, 0.3) is 0 Å². The van der Waals surface area contributed by atoms with Crippen LogP contribution in [0.4, 0.5) is 10.1 Å². The van der Waals surface area contributed by atoms with Crippen LogP contribution in [0.15, 0.2) is 66.9 Å². The number of nitriles is 1. The fourth-order valence-electron chi connectivity index (χ4n) is 2.68. The van der Waals surface area contributed by atoms with E-state index >= 15 is 0 Å². The number of para-hydroxylation sites is 1. The Morgan fingerprint density at radius 1 is 1.03 bits per heavy atom. The van der Waals surface area contributed by atoms with Crippen molar-refractivity contribution in [1.29, 1.82) is 5.26 Å². The van der Waals surface area contributed by atoms with Crippen LogP contribution in [-0.2, 0) is 6.42 Å². The van der Waals surface area contributed by atoms with E-state index in [1.807, 2.05) is 6.07 Å². The molecule has 3 aromatic rings. The van der Waals surface area contributed by atoms with Gasteiger partial charge in [-0.1, -0.05) is 30.3 Å². The average molecular weight is 388 g/mol. The fourth-order valence-corrected chi connectivity index (χ4v) is 2.68. The highest BCUT2D eigenvalue weighted by atomic mass is 19.1. The van der Waals surface area contributed by atoms with Gasteiger partial charge < -0.3 is 10.6 Å². The normalized spacial score (nSPS) is 10.1. The molecule has 3 rings (SSSR count). The maximum absolute atomic E-state index is 13.6. The van der Waals surface area contributed by atoms with E-state index in [-0.39, 0.29) is 23.6 Å². The minimum Gasteiger partial charge on any atom is -0.350 e. The number of nitrogens with zero attached hydrogens (tertiary/aromatic N) is 2. The van der Waals surface area contributed by atoms with E-state index in [4.69, 9.17) is 5.26 Å². The Morgan fingerprint density at radius 3 is 2.59 bits per heavy atom. The van der Waals surface area contributed by atoms with Gasteiger partial charge in [0.15, 0.2) is 0 Å². The molecule has 7 heteroatoms. The van der Waals surface area contributed by atoms with Crippen LogP contribution >= 0.6 is 0 Å². The third-order valence-corrected chi connectivity index (χ3v) is 4.19. The molecule has 0 aliphatic carbocycles. The number of carbonyl (C=O) groups excluding carboxylic acids is 2. The Labute approximate surface area is 167 Å². The van der Waals surface area contributed by atoms with Crippen LogP contribution in [0.3, 0.4) is 0 Å². The van der Waals surface area contributed by atoms with Gasteiger partial charge in [0.1, 0.15) is 17.6 Å². The quantitative estimate of drug-likeness (QED) is 0.677. The van der Waals surface area contributed by atoms with Crippen molar-refractivity contribution in [2.24, 2.45) is 0 Å². The lowest BCUT2D eigenvalue weighted by Crippen LogP contribution is -2.27. The lowest BCUT2D eigenvalue weighted by molar-refractivity contribution is 0.0949. The summed E-state index contributed by atoms with van der Waals surface area (Å²) in [6, 6.07) is 17.8. The molecule has 0 aliphatic rings. The minimum atomic E-state index is -0.464. The number of pyridine rings is 1. The van der Waals surface area contributed by atoms with E-state index in [1.54, 1.807) is 42.5 Å². The topological polar surface area (TPSA) is 94.9 Å². The molecule has 0 spiro atoms. The summed E-state index contributed by atoms with van der Waals surface area (Å²) in [5, 5.41) is 14.4. The minimum absolute atomic E-state index is 0.0692. The first-order chi connectivity index (χ1) is 14.1. The Balaban J connectivity index is 1.64. The smallest absolute Gasteiger partial charge is 0.269 e. The summed E-state index contributed by atoms with van der Waals surface area (Å²) in [6.45, 7) is 0.230. The van der Waals surface area contributed by atoms with Gasteiger partial charge in [-0.15, -0.1) is 0 Å². The van der Waals surface area contributed by atoms with Crippen molar-refractivity contribution in [3.8, 4) is 6.07 Å². The second-order valence-electron chi connectivity index (χ2n) is 6.14. The Bertz CT molecular complexity index is 1090. The second kappa shape index (κ2) is 9.24. The van der Waals surface area contributed by atoms with Gasteiger partial charge in [-0.2, -0.15) is 5.26 Å². The predicted molar refractivity (Wildman–Crippen MR) is 106 cm³/mol. The SMILES string of the molecule is N#Cc1ccccc1NC(=O)c1ccnc(C(=O)NCCc2ccccc2F)c1. The van der Waals surface area contributed by atoms with Crippen LogP contribution in [0.2, 0.25) is 0 Å². The first-order valence-corrected chi connectivity index (χ1v) is 8.86. The Morgan fingerprint density at radius 2 is 1.79 bits per heavy atom. The molecule has 0 radical (unpaired) electrons. The van der Waals surface area contributed by atoms with Crippen molar-refractivity contribution in [2.75, 3.05) is 11.9 Å². The lowest BCUT2D eigenvalue weighted by Gasteiger charge is -2.09. The average Bonchev–Trinajstić information content (AvgIpc) is 2.75.